The van der Waals surface area contributed by atoms with E-state index in [0.29, 0.717) is 29.9 Å². The third-order valence-corrected chi connectivity index (χ3v) is 5.54. The summed E-state index contributed by atoms with van der Waals surface area (Å²) in [6.45, 7) is 7.49. The molecule has 172 valence electrons. The van der Waals surface area contributed by atoms with Gasteiger partial charge >= 0.3 is 0 Å². The second-order valence-electron chi connectivity index (χ2n) is 7.62. The van der Waals surface area contributed by atoms with Crippen LogP contribution in [0.2, 0.25) is 0 Å². The van der Waals surface area contributed by atoms with Crippen molar-refractivity contribution >= 4 is 29.7 Å². The molecule has 8 heteroatoms. The topological polar surface area (TPSA) is 81.0 Å². The highest BCUT2D eigenvalue weighted by atomic mass is 19.1. The predicted molar refractivity (Wildman–Crippen MR) is 128 cm³/mol. The van der Waals surface area contributed by atoms with Crippen LogP contribution in [-0.4, -0.2) is 45.5 Å². The molecule has 1 saturated heterocycles. The zero-order chi connectivity index (χ0) is 23.8. The summed E-state index contributed by atoms with van der Waals surface area (Å²) in [4.78, 5) is 14.2. The lowest BCUT2D eigenvalue weighted by molar-refractivity contribution is -0.120. The van der Waals surface area contributed by atoms with Gasteiger partial charge in [0.05, 0.1) is 23.4 Å². The molecule has 1 unspecified atom stereocenters. The molecule has 1 N–H and O–H groups in total. The average molecular weight is 450 g/mol. The molecule has 0 aliphatic carbocycles. The first-order chi connectivity index (χ1) is 16.0. The zero-order valence-corrected chi connectivity index (χ0v) is 18.9. The molecule has 2 aromatic rings. The van der Waals surface area contributed by atoms with E-state index in [1.54, 1.807) is 43.5 Å². The number of anilines is 2. The molecule has 1 amide bonds. The van der Waals surface area contributed by atoms with Crippen molar-refractivity contribution in [3.8, 4) is 6.07 Å². The minimum atomic E-state index is -0.460. The second kappa shape index (κ2) is 11.2. The first-order valence-corrected chi connectivity index (χ1v) is 10.8. The van der Waals surface area contributed by atoms with E-state index >= 15 is 4.39 Å². The van der Waals surface area contributed by atoms with E-state index in [2.05, 4.69) is 28.1 Å². The summed E-state index contributed by atoms with van der Waals surface area (Å²) in [5.74, 6) is -0.622. The van der Waals surface area contributed by atoms with E-state index in [1.165, 1.54) is 11.1 Å². The van der Waals surface area contributed by atoms with E-state index in [9.17, 15) is 4.79 Å². The Bertz CT molecular complexity index is 1060. The molecule has 33 heavy (non-hydrogen) atoms. The van der Waals surface area contributed by atoms with Crippen LogP contribution < -0.4 is 15.2 Å². The number of halogens is 1. The quantitative estimate of drug-likeness (QED) is 0.464. The van der Waals surface area contributed by atoms with Crippen molar-refractivity contribution in [1.29, 1.82) is 5.26 Å². The van der Waals surface area contributed by atoms with Crippen molar-refractivity contribution in [2.45, 2.75) is 25.9 Å². The lowest BCUT2D eigenvalue weighted by atomic mass is 10.1. The zero-order valence-electron chi connectivity index (χ0n) is 18.9. The van der Waals surface area contributed by atoms with Gasteiger partial charge < -0.3 is 15.0 Å². The molecule has 0 saturated carbocycles. The molecule has 0 aromatic heterocycles. The van der Waals surface area contributed by atoms with Gasteiger partial charge in [0.1, 0.15) is 5.69 Å². The third kappa shape index (κ3) is 5.76. The summed E-state index contributed by atoms with van der Waals surface area (Å²) in [5, 5.41) is 17.3. The van der Waals surface area contributed by atoms with E-state index < -0.39 is 5.82 Å². The Kier molecular flexibility index (Phi) is 8.17. The molecule has 1 heterocycles. The van der Waals surface area contributed by atoms with E-state index in [0.717, 1.165) is 18.7 Å². The van der Waals surface area contributed by atoms with Gasteiger partial charge in [0, 0.05) is 45.6 Å². The van der Waals surface area contributed by atoms with E-state index in [-0.39, 0.29) is 24.1 Å². The maximum absolute atomic E-state index is 15.3. The molecule has 0 spiro atoms. The molecule has 0 radical (unpaired) electrons. The van der Waals surface area contributed by atoms with Crippen LogP contribution in [0.15, 0.2) is 53.6 Å². The van der Waals surface area contributed by atoms with Gasteiger partial charge in [0.2, 0.25) is 5.91 Å². The van der Waals surface area contributed by atoms with Crippen LogP contribution in [0.4, 0.5) is 15.8 Å². The Labute approximate surface area is 193 Å². The highest BCUT2D eigenvalue weighted by Gasteiger charge is 2.24. The van der Waals surface area contributed by atoms with Crippen molar-refractivity contribution < 1.29 is 13.9 Å². The third-order valence-electron chi connectivity index (χ3n) is 5.54. The minimum Gasteiger partial charge on any atom is -0.380 e. The molecule has 3 rings (SSSR count). The number of nitrogens with zero attached hydrogens (tertiary/aromatic N) is 4. The summed E-state index contributed by atoms with van der Waals surface area (Å²) in [5.41, 5.74) is 2.65. The van der Waals surface area contributed by atoms with Crippen molar-refractivity contribution in [2.24, 2.45) is 5.10 Å². The highest BCUT2D eigenvalue weighted by molar-refractivity contribution is 5.85. The Hall–Kier alpha value is -3.70. The largest absolute Gasteiger partial charge is 0.380 e. The van der Waals surface area contributed by atoms with Crippen molar-refractivity contribution in [3.63, 3.8) is 0 Å². The standard InChI is InChI=1S/C25H28FN5O2/c1-4-29-25(32)12-11-23(19-7-5-18(16-27)6-8-19)31(28-2)24-10-9-20(15-22(24)26)30-14-13-21(17-30)33-3/h5-11,15,21H,2,4,12-14,17H2,1,3H3,(H,29,32)/b23-11-. The minimum absolute atomic E-state index is 0.0844. The van der Waals surface area contributed by atoms with Gasteiger partial charge in [-0.15, -0.1) is 0 Å². The lowest BCUT2D eigenvalue weighted by Gasteiger charge is -2.25. The van der Waals surface area contributed by atoms with Gasteiger partial charge in [-0.3, -0.25) is 4.79 Å². The van der Waals surface area contributed by atoms with Crippen LogP contribution in [-0.2, 0) is 9.53 Å². The molecule has 7 nitrogen and oxygen atoms in total. The average Bonchev–Trinajstić information content (AvgIpc) is 3.32. The Balaban J connectivity index is 1.95. The Morgan fingerprint density at radius 3 is 2.73 bits per heavy atom. The fraction of sp³-hybridized carbons (Fsp3) is 0.320. The SMILES string of the molecule is C=NN(/C(=C\CC(=O)NCC)c1ccc(C#N)cc1)c1ccc(N2CCC(OC)C2)cc1F. The summed E-state index contributed by atoms with van der Waals surface area (Å²) in [7, 11) is 1.68. The molecule has 1 aliphatic heterocycles. The summed E-state index contributed by atoms with van der Waals surface area (Å²) in [6.07, 6.45) is 2.80. The molecule has 1 fully saturated rings. The Morgan fingerprint density at radius 2 is 2.15 bits per heavy atom. The number of methoxy groups -OCH3 is 1. The van der Waals surface area contributed by atoms with Gasteiger partial charge in [-0.2, -0.15) is 10.4 Å². The van der Waals surface area contributed by atoms with Gasteiger partial charge in [-0.25, -0.2) is 9.40 Å². The number of benzene rings is 2. The fourth-order valence-electron chi connectivity index (χ4n) is 3.80. The first kappa shape index (κ1) is 24.0. The summed E-state index contributed by atoms with van der Waals surface area (Å²) in [6, 6.07) is 13.9. The number of hydrogen-bond acceptors (Lipinski definition) is 6. The molecular formula is C25H28FN5O2. The number of hydrogen-bond donors (Lipinski definition) is 1. The molecule has 1 atom stereocenters. The number of nitrogens with one attached hydrogen (secondary N) is 1. The maximum Gasteiger partial charge on any atom is 0.223 e. The number of hydrazone groups is 1. The summed E-state index contributed by atoms with van der Waals surface area (Å²) >= 11 is 0. The van der Waals surface area contributed by atoms with Crippen LogP contribution in [0.5, 0.6) is 0 Å². The smallest absolute Gasteiger partial charge is 0.223 e. The molecule has 0 bridgehead atoms. The summed E-state index contributed by atoms with van der Waals surface area (Å²) < 4.78 is 20.7. The van der Waals surface area contributed by atoms with Crippen LogP contribution in [0, 0.1) is 17.1 Å². The van der Waals surface area contributed by atoms with Gasteiger partial charge in [0.25, 0.3) is 0 Å². The molecule has 1 aliphatic rings. The van der Waals surface area contributed by atoms with Crippen LogP contribution in [0.1, 0.15) is 30.9 Å². The number of nitriles is 1. The monoisotopic (exact) mass is 449 g/mol. The van der Waals surface area contributed by atoms with Gasteiger partial charge in [-0.05, 0) is 55.3 Å². The van der Waals surface area contributed by atoms with Crippen molar-refractivity contribution in [2.75, 3.05) is 36.7 Å². The predicted octanol–water partition coefficient (Wildman–Crippen LogP) is 3.91. The van der Waals surface area contributed by atoms with Crippen LogP contribution in [0.3, 0.4) is 0 Å². The Morgan fingerprint density at radius 1 is 1.39 bits per heavy atom. The molecular weight excluding hydrogens is 421 g/mol. The lowest BCUT2D eigenvalue weighted by Crippen LogP contribution is -2.23. The molecule has 2 aromatic carbocycles. The highest BCUT2D eigenvalue weighted by Crippen LogP contribution is 2.33. The number of carbonyl (C=O) groups is 1. The van der Waals surface area contributed by atoms with Crippen molar-refractivity contribution in [3.05, 3.63) is 65.5 Å². The number of ether oxygens (including phenoxy) is 1. The van der Waals surface area contributed by atoms with Gasteiger partial charge in [0.15, 0.2) is 5.82 Å². The second-order valence-corrected chi connectivity index (χ2v) is 7.62. The van der Waals surface area contributed by atoms with Crippen LogP contribution in [0.25, 0.3) is 5.70 Å². The number of amides is 1. The van der Waals surface area contributed by atoms with E-state index in [4.69, 9.17) is 10.00 Å². The first-order valence-electron chi connectivity index (χ1n) is 10.8. The fourth-order valence-corrected chi connectivity index (χ4v) is 3.80. The number of carbonyl (C=O) groups excluding carboxylic acids is 1. The van der Waals surface area contributed by atoms with Crippen molar-refractivity contribution in [1.82, 2.24) is 5.32 Å². The maximum atomic E-state index is 15.3. The van der Waals surface area contributed by atoms with Crippen LogP contribution >= 0.6 is 0 Å². The number of rotatable bonds is 9. The normalized spacial score (nSPS) is 15.8. The van der Waals surface area contributed by atoms with Gasteiger partial charge in [-0.1, -0.05) is 12.1 Å². The van der Waals surface area contributed by atoms with E-state index in [1.807, 2.05) is 13.0 Å².